The second-order valence-electron chi connectivity index (χ2n) is 4.73. The molecule has 2 aromatic carbocycles. The van der Waals surface area contributed by atoms with Crippen LogP contribution in [-0.4, -0.2) is 0 Å². The lowest BCUT2D eigenvalue weighted by molar-refractivity contribution is 0.171. The lowest BCUT2D eigenvalue weighted by atomic mass is 9.97. The van der Waals surface area contributed by atoms with Gasteiger partial charge in [-0.3, -0.25) is 0 Å². The molecular formula is C15H11F3OS. The summed E-state index contributed by atoms with van der Waals surface area (Å²) in [4.78, 5) is 0.824. The third kappa shape index (κ3) is 2.38. The number of rotatable bonds is 1. The summed E-state index contributed by atoms with van der Waals surface area (Å²) < 4.78 is 45.6. The van der Waals surface area contributed by atoms with Gasteiger partial charge in [0.1, 0.15) is 17.7 Å². The van der Waals surface area contributed by atoms with Crippen molar-refractivity contribution in [1.82, 2.24) is 0 Å². The number of fused-ring (bicyclic) bond motifs is 1. The molecule has 1 heterocycles. The minimum atomic E-state index is -1.19. The molecule has 104 valence electrons. The van der Waals surface area contributed by atoms with Crippen molar-refractivity contribution in [2.75, 3.05) is 0 Å². The second-order valence-corrected chi connectivity index (χ2v) is 5.24. The van der Waals surface area contributed by atoms with Crippen LogP contribution < -0.4 is 4.74 Å². The van der Waals surface area contributed by atoms with Crippen LogP contribution in [0.1, 0.15) is 23.7 Å². The van der Waals surface area contributed by atoms with E-state index in [-0.39, 0.29) is 5.56 Å². The highest BCUT2D eigenvalue weighted by Crippen LogP contribution is 2.37. The average molecular weight is 296 g/mol. The Labute approximate surface area is 119 Å². The predicted octanol–water partition coefficient (Wildman–Crippen LogP) is 4.46. The maximum absolute atomic E-state index is 13.8. The summed E-state index contributed by atoms with van der Waals surface area (Å²) in [6, 6.07) is 6.83. The van der Waals surface area contributed by atoms with E-state index in [1.165, 1.54) is 0 Å². The van der Waals surface area contributed by atoms with Gasteiger partial charge in [0, 0.05) is 16.5 Å². The van der Waals surface area contributed by atoms with Crippen molar-refractivity contribution in [2.24, 2.45) is 0 Å². The molecule has 0 fully saturated rings. The zero-order valence-electron chi connectivity index (χ0n) is 10.4. The van der Waals surface area contributed by atoms with Crippen molar-refractivity contribution >= 4 is 12.6 Å². The molecule has 0 N–H and O–H groups in total. The molecule has 0 aromatic heterocycles. The standard InChI is InChI=1S/C15H11F3OS/c16-11-7-13(18)12(17)6-10(11)15-3-1-8-5-9(20)2-4-14(8)19-15/h2,4-7,15,20H,1,3H2. The summed E-state index contributed by atoms with van der Waals surface area (Å²) in [5.41, 5.74) is 1.03. The van der Waals surface area contributed by atoms with Gasteiger partial charge in [-0.1, -0.05) is 0 Å². The first-order chi connectivity index (χ1) is 9.54. The normalized spacial score (nSPS) is 17.5. The number of hydrogen-bond acceptors (Lipinski definition) is 2. The fourth-order valence-electron chi connectivity index (χ4n) is 2.38. The van der Waals surface area contributed by atoms with E-state index in [9.17, 15) is 13.2 Å². The Kier molecular flexibility index (Phi) is 3.38. The van der Waals surface area contributed by atoms with Crippen LogP contribution in [0, 0.1) is 17.5 Å². The Morgan fingerprint density at radius 2 is 1.75 bits per heavy atom. The maximum Gasteiger partial charge on any atom is 0.161 e. The first-order valence-corrected chi connectivity index (χ1v) is 6.62. The van der Waals surface area contributed by atoms with Gasteiger partial charge in [-0.2, -0.15) is 0 Å². The summed E-state index contributed by atoms with van der Waals surface area (Å²) in [5.74, 6) is -2.42. The molecule has 1 nitrogen and oxygen atoms in total. The van der Waals surface area contributed by atoms with E-state index in [0.717, 1.165) is 16.5 Å². The summed E-state index contributed by atoms with van der Waals surface area (Å²) >= 11 is 4.24. The molecule has 1 unspecified atom stereocenters. The van der Waals surface area contributed by atoms with Crippen molar-refractivity contribution < 1.29 is 17.9 Å². The quantitative estimate of drug-likeness (QED) is 0.604. The minimum absolute atomic E-state index is 0.0458. The Hall–Kier alpha value is -1.62. The summed E-state index contributed by atoms with van der Waals surface area (Å²) in [6.45, 7) is 0. The zero-order valence-corrected chi connectivity index (χ0v) is 11.3. The van der Waals surface area contributed by atoms with Crippen molar-refractivity contribution in [2.45, 2.75) is 23.8 Å². The molecule has 0 bridgehead atoms. The first kappa shape index (κ1) is 13.4. The number of ether oxygens (including phenoxy) is 1. The Bertz CT molecular complexity index is 672. The summed E-state index contributed by atoms with van der Waals surface area (Å²) in [6.07, 6.45) is 0.572. The van der Waals surface area contributed by atoms with Crippen molar-refractivity contribution in [3.8, 4) is 5.75 Å². The van der Waals surface area contributed by atoms with Crippen molar-refractivity contribution in [1.29, 1.82) is 0 Å². The number of halogens is 3. The number of thiol groups is 1. The third-order valence-electron chi connectivity index (χ3n) is 3.38. The van der Waals surface area contributed by atoms with Crippen LogP contribution in [0.25, 0.3) is 0 Å². The molecule has 0 spiro atoms. The maximum atomic E-state index is 13.8. The van der Waals surface area contributed by atoms with Crippen LogP contribution in [0.2, 0.25) is 0 Å². The van der Waals surface area contributed by atoms with Gasteiger partial charge in [-0.15, -0.1) is 12.6 Å². The molecule has 0 amide bonds. The van der Waals surface area contributed by atoms with Gasteiger partial charge in [-0.25, -0.2) is 13.2 Å². The molecule has 0 aliphatic carbocycles. The molecule has 0 saturated heterocycles. The van der Waals surface area contributed by atoms with Crippen molar-refractivity contribution in [3.63, 3.8) is 0 Å². The van der Waals surface area contributed by atoms with E-state index < -0.39 is 23.6 Å². The fourth-order valence-corrected chi connectivity index (χ4v) is 2.61. The highest BCUT2D eigenvalue weighted by Gasteiger charge is 2.25. The Balaban J connectivity index is 1.94. The molecule has 0 saturated carbocycles. The van der Waals surface area contributed by atoms with E-state index >= 15 is 0 Å². The van der Waals surface area contributed by atoms with Crippen LogP contribution in [0.3, 0.4) is 0 Å². The zero-order chi connectivity index (χ0) is 14.3. The van der Waals surface area contributed by atoms with Crippen LogP contribution in [0.4, 0.5) is 13.2 Å². The lowest BCUT2D eigenvalue weighted by Gasteiger charge is -2.27. The molecule has 1 atom stereocenters. The Morgan fingerprint density at radius 1 is 1.00 bits per heavy atom. The lowest BCUT2D eigenvalue weighted by Crippen LogP contribution is -2.17. The molecule has 1 aliphatic rings. The van der Waals surface area contributed by atoms with Gasteiger partial charge in [-0.05, 0) is 42.7 Å². The van der Waals surface area contributed by atoms with Crippen LogP contribution in [-0.2, 0) is 6.42 Å². The average Bonchev–Trinajstić information content (AvgIpc) is 2.42. The molecule has 2 aromatic rings. The van der Waals surface area contributed by atoms with E-state index in [4.69, 9.17) is 4.74 Å². The van der Waals surface area contributed by atoms with E-state index in [0.29, 0.717) is 24.7 Å². The van der Waals surface area contributed by atoms with Gasteiger partial charge < -0.3 is 4.74 Å². The minimum Gasteiger partial charge on any atom is -0.485 e. The molecule has 20 heavy (non-hydrogen) atoms. The highest BCUT2D eigenvalue weighted by molar-refractivity contribution is 7.80. The number of hydrogen-bond donors (Lipinski definition) is 1. The first-order valence-electron chi connectivity index (χ1n) is 6.17. The predicted molar refractivity (Wildman–Crippen MR) is 71.7 cm³/mol. The highest BCUT2D eigenvalue weighted by atomic mass is 32.1. The summed E-state index contributed by atoms with van der Waals surface area (Å²) in [5, 5.41) is 0. The van der Waals surface area contributed by atoms with E-state index in [1.54, 1.807) is 12.1 Å². The SMILES string of the molecule is Fc1cc(F)c(C2CCc3cc(S)ccc3O2)cc1F. The van der Waals surface area contributed by atoms with Gasteiger partial charge >= 0.3 is 0 Å². The third-order valence-corrected chi connectivity index (χ3v) is 3.65. The monoisotopic (exact) mass is 296 g/mol. The largest absolute Gasteiger partial charge is 0.485 e. The van der Waals surface area contributed by atoms with E-state index in [2.05, 4.69) is 12.6 Å². The number of aryl methyl sites for hydroxylation is 1. The smallest absolute Gasteiger partial charge is 0.161 e. The van der Waals surface area contributed by atoms with Gasteiger partial charge in [0.15, 0.2) is 11.6 Å². The van der Waals surface area contributed by atoms with Crippen LogP contribution in [0.5, 0.6) is 5.75 Å². The van der Waals surface area contributed by atoms with E-state index in [1.807, 2.05) is 6.07 Å². The molecular weight excluding hydrogens is 285 g/mol. The van der Waals surface area contributed by atoms with Gasteiger partial charge in [0.05, 0.1) is 0 Å². The van der Waals surface area contributed by atoms with Crippen molar-refractivity contribution in [3.05, 3.63) is 58.9 Å². The molecule has 1 aliphatic heterocycles. The second kappa shape index (κ2) is 5.05. The molecule has 0 radical (unpaired) electrons. The van der Waals surface area contributed by atoms with Crippen LogP contribution >= 0.6 is 12.6 Å². The fraction of sp³-hybridized carbons (Fsp3) is 0.200. The summed E-state index contributed by atoms with van der Waals surface area (Å²) in [7, 11) is 0. The Morgan fingerprint density at radius 3 is 2.55 bits per heavy atom. The van der Waals surface area contributed by atoms with Gasteiger partial charge in [0.2, 0.25) is 0 Å². The topological polar surface area (TPSA) is 9.23 Å². The van der Waals surface area contributed by atoms with Gasteiger partial charge in [0.25, 0.3) is 0 Å². The number of benzene rings is 2. The van der Waals surface area contributed by atoms with Crippen LogP contribution in [0.15, 0.2) is 35.2 Å². The molecule has 5 heteroatoms. The molecule has 3 rings (SSSR count).